The van der Waals surface area contributed by atoms with E-state index in [1.807, 2.05) is 0 Å². The minimum atomic E-state index is -0.985. The van der Waals surface area contributed by atoms with Crippen molar-refractivity contribution in [2.75, 3.05) is 27.4 Å². The van der Waals surface area contributed by atoms with Gasteiger partial charge in [0.05, 0.1) is 31.4 Å². The van der Waals surface area contributed by atoms with Crippen LogP contribution in [0.4, 0.5) is 5.82 Å². The highest BCUT2D eigenvalue weighted by Gasteiger charge is 2.65. The van der Waals surface area contributed by atoms with Crippen LogP contribution in [0.3, 0.4) is 0 Å². The molecule has 1 aliphatic carbocycles. The fraction of sp³-hybridized carbons (Fsp3) is 0.421. The lowest BCUT2D eigenvalue weighted by molar-refractivity contribution is -0.124. The Morgan fingerprint density at radius 3 is 2.79 bits per heavy atom. The van der Waals surface area contributed by atoms with E-state index < -0.39 is 11.7 Å². The van der Waals surface area contributed by atoms with E-state index in [9.17, 15) is 9.59 Å². The lowest BCUT2D eigenvalue weighted by Gasteiger charge is -2.14. The van der Waals surface area contributed by atoms with Crippen LogP contribution in [0.2, 0.25) is 0 Å². The Morgan fingerprint density at radius 2 is 2.04 bits per heavy atom. The van der Waals surface area contributed by atoms with Gasteiger partial charge in [-0.15, -0.1) is 0 Å². The van der Waals surface area contributed by atoms with E-state index in [2.05, 4.69) is 15.0 Å². The first-order valence-electron chi connectivity index (χ1n) is 8.75. The number of epoxide rings is 1. The third-order valence-corrected chi connectivity index (χ3v) is 4.90. The maximum absolute atomic E-state index is 12.5. The summed E-state index contributed by atoms with van der Waals surface area (Å²) in [6, 6.07) is 3.41. The summed E-state index contributed by atoms with van der Waals surface area (Å²) in [7, 11) is 3.11. The molecule has 2 unspecified atom stereocenters. The molecule has 0 radical (unpaired) electrons. The number of nitrogens with zero attached hydrogens (tertiary/aromatic N) is 3. The van der Waals surface area contributed by atoms with Crippen molar-refractivity contribution in [1.82, 2.24) is 9.97 Å². The van der Waals surface area contributed by atoms with Gasteiger partial charge in [-0.1, -0.05) is 0 Å². The van der Waals surface area contributed by atoms with E-state index in [0.717, 1.165) is 0 Å². The standard InChI is InChI=1S/C19H19N3O6/c1-19-15(23)8-12(16(24)17(19)28-19)22-18-10-6-13(26-3)14(27-5-4-25-2)7-11(10)20-9-21-18/h6-7,9,17H,4-5,8H2,1-3H3. The number of methoxy groups -OCH3 is 2. The largest absolute Gasteiger partial charge is 0.493 e. The Morgan fingerprint density at radius 1 is 1.21 bits per heavy atom. The zero-order chi connectivity index (χ0) is 19.9. The molecule has 0 N–H and O–H groups in total. The van der Waals surface area contributed by atoms with Gasteiger partial charge >= 0.3 is 0 Å². The Balaban J connectivity index is 1.72. The van der Waals surface area contributed by atoms with Crippen LogP contribution in [0.15, 0.2) is 23.5 Å². The van der Waals surface area contributed by atoms with E-state index in [4.69, 9.17) is 18.9 Å². The van der Waals surface area contributed by atoms with Crippen LogP contribution in [0.25, 0.3) is 10.9 Å². The van der Waals surface area contributed by atoms with Crippen molar-refractivity contribution in [3.05, 3.63) is 18.5 Å². The number of ether oxygens (including phenoxy) is 4. The van der Waals surface area contributed by atoms with Gasteiger partial charge in [0.15, 0.2) is 34.8 Å². The van der Waals surface area contributed by atoms with Crippen molar-refractivity contribution in [2.45, 2.75) is 25.0 Å². The van der Waals surface area contributed by atoms with Gasteiger partial charge in [0, 0.05) is 18.6 Å². The summed E-state index contributed by atoms with van der Waals surface area (Å²) >= 11 is 0. The monoisotopic (exact) mass is 385 g/mol. The molecule has 1 aromatic carbocycles. The van der Waals surface area contributed by atoms with Crippen LogP contribution in [-0.4, -0.2) is 66.4 Å². The summed E-state index contributed by atoms with van der Waals surface area (Å²) in [5, 5.41) is 0.580. The molecule has 0 amide bonds. The average Bonchev–Trinajstić information content (AvgIpc) is 3.40. The third-order valence-electron chi connectivity index (χ3n) is 4.90. The Labute approximate surface area is 160 Å². The van der Waals surface area contributed by atoms with Crippen LogP contribution < -0.4 is 9.47 Å². The lowest BCUT2D eigenvalue weighted by Crippen LogP contribution is -2.39. The summed E-state index contributed by atoms with van der Waals surface area (Å²) in [4.78, 5) is 37.5. The number of aliphatic imine (C=N–C) groups is 1. The van der Waals surface area contributed by atoms with Gasteiger partial charge in [0.1, 0.15) is 12.9 Å². The van der Waals surface area contributed by atoms with Crippen LogP contribution in [-0.2, 0) is 19.1 Å². The second-order valence-electron chi connectivity index (χ2n) is 6.69. The van der Waals surface area contributed by atoms with E-state index in [0.29, 0.717) is 35.6 Å². The number of hydrogen-bond donors (Lipinski definition) is 0. The van der Waals surface area contributed by atoms with E-state index in [1.165, 1.54) is 13.4 Å². The number of aromatic nitrogens is 2. The zero-order valence-corrected chi connectivity index (χ0v) is 15.7. The van der Waals surface area contributed by atoms with Crippen LogP contribution in [0.1, 0.15) is 13.3 Å². The fourth-order valence-electron chi connectivity index (χ4n) is 3.16. The number of carbonyl (C=O) groups excluding carboxylic acids is 2. The van der Waals surface area contributed by atoms with E-state index >= 15 is 0 Å². The molecule has 2 heterocycles. The van der Waals surface area contributed by atoms with Crippen LogP contribution in [0, 0.1) is 0 Å². The fourth-order valence-corrected chi connectivity index (χ4v) is 3.16. The molecule has 1 saturated heterocycles. The summed E-state index contributed by atoms with van der Waals surface area (Å²) in [6.45, 7) is 2.42. The van der Waals surface area contributed by atoms with Gasteiger partial charge < -0.3 is 18.9 Å². The molecule has 28 heavy (non-hydrogen) atoms. The first-order chi connectivity index (χ1) is 13.5. The minimum absolute atomic E-state index is 0.0767. The molecule has 2 aliphatic rings. The number of hydrogen-bond acceptors (Lipinski definition) is 9. The van der Waals surface area contributed by atoms with Crippen molar-refractivity contribution in [2.24, 2.45) is 4.99 Å². The highest BCUT2D eigenvalue weighted by molar-refractivity contribution is 6.49. The van der Waals surface area contributed by atoms with Gasteiger partial charge in [-0.3, -0.25) is 9.59 Å². The quantitative estimate of drug-likeness (QED) is 0.542. The van der Waals surface area contributed by atoms with Gasteiger partial charge in [0.25, 0.3) is 0 Å². The molecular weight excluding hydrogens is 366 g/mol. The third kappa shape index (κ3) is 3.02. The minimum Gasteiger partial charge on any atom is -0.493 e. The number of Topliss-reactive ketones (excluding diaryl/α,β-unsaturated/α-hetero) is 2. The van der Waals surface area contributed by atoms with Crippen molar-refractivity contribution < 1.29 is 28.5 Å². The summed E-state index contributed by atoms with van der Waals surface area (Å²) in [5.74, 6) is 0.840. The number of rotatable bonds is 6. The summed E-state index contributed by atoms with van der Waals surface area (Å²) in [6.07, 6.45) is 0.531. The first-order valence-corrected chi connectivity index (χ1v) is 8.75. The molecule has 2 atom stereocenters. The smallest absolute Gasteiger partial charge is 0.209 e. The molecular formula is C19H19N3O6. The molecule has 1 saturated carbocycles. The molecule has 2 fully saturated rings. The van der Waals surface area contributed by atoms with Gasteiger partial charge in [-0.05, 0) is 13.0 Å². The van der Waals surface area contributed by atoms with Crippen molar-refractivity contribution >= 4 is 34.0 Å². The number of benzene rings is 1. The SMILES string of the molecule is COCCOc1cc2ncnc(N=C3CC(=O)C4(C)OC4C3=O)c2cc1OC. The topological polar surface area (TPSA) is 113 Å². The first kappa shape index (κ1) is 18.5. The normalized spacial score (nSPS) is 25.1. The van der Waals surface area contributed by atoms with E-state index in [-0.39, 0.29) is 29.5 Å². The van der Waals surface area contributed by atoms with Crippen molar-refractivity contribution in [3.63, 3.8) is 0 Å². The predicted molar refractivity (Wildman–Crippen MR) is 98.5 cm³/mol. The summed E-state index contributed by atoms with van der Waals surface area (Å²) < 4.78 is 21.3. The molecule has 0 bridgehead atoms. The molecule has 0 spiro atoms. The maximum atomic E-state index is 12.5. The second kappa shape index (κ2) is 6.92. The number of ketones is 2. The molecule has 9 heteroatoms. The average molecular weight is 385 g/mol. The highest BCUT2D eigenvalue weighted by Crippen LogP contribution is 2.43. The van der Waals surface area contributed by atoms with Crippen LogP contribution in [0.5, 0.6) is 11.5 Å². The van der Waals surface area contributed by atoms with Crippen molar-refractivity contribution in [1.29, 1.82) is 0 Å². The number of carbonyl (C=O) groups is 2. The van der Waals surface area contributed by atoms with Crippen molar-refractivity contribution in [3.8, 4) is 11.5 Å². The van der Waals surface area contributed by atoms with Crippen LogP contribution >= 0.6 is 0 Å². The van der Waals surface area contributed by atoms with Gasteiger partial charge in [-0.2, -0.15) is 0 Å². The Bertz CT molecular complexity index is 1000. The molecule has 1 aromatic heterocycles. The van der Waals surface area contributed by atoms with Gasteiger partial charge in [0.2, 0.25) is 5.78 Å². The molecule has 9 nitrogen and oxygen atoms in total. The predicted octanol–water partition coefficient (Wildman–Crippen LogP) is 1.44. The molecule has 4 rings (SSSR count). The maximum Gasteiger partial charge on any atom is 0.209 e. The molecule has 146 valence electrons. The molecule has 1 aliphatic heterocycles. The number of fused-ring (bicyclic) bond motifs is 2. The highest BCUT2D eigenvalue weighted by atomic mass is 16.6. The van der Waals surface area contributed by atoms with E-state index in [1.54, 1.807) is 26.2 Å². The Hall–Kier alpha value is -2.91. The summed E-state index contributed by atoms with van der Waals surface area (Å²) in [5.41, 5.74) is -0.268. The molecule has 2 aromatic rings. The zero-order valence-electron chi connectivity index (χ0n) is 15.7. The Kier molecular flexibility index (Phi) is 4.56. The lowest BCUT2D eigenvalue weighted by atomic mass is 9.87. The second-order valence-corrected chi connectivity index (χ2v) is 6.69. The van der Waals surface area contributed by atoms with Gasteiger partial charge in [-0.25, -0.2) is 15.0 Å².